The number of thioether (sulfide) groups is 1. The minimum absolute atomic E-state index is 0.0564. The van der Waals surface area contributed by atoms with E-state index in [0.717, 1.165) is 31.4 Å². The third kappa shape index (κ3) is 5.72. The van der Waals surface area contributed by atoms with Crippen LogP contribution < -0.4 is 10.6 Å². The van der Waals surface area contributed by atoms with Gasteiger partial charge in [-0.1, -0.05) is 31.5 Å². The molecule has 0 aromatic carbocycles. The molecule has 1 saturated carbocycles. The number of rotatable bonds is 6. The maximum atomic E-state index is 12.3. The van der Waals surface area contributed by atoms with Crippen molar-refractivity contribution in [1.82, 2.24) is 30.2 Å². The fraction of sp³-hybridized carbons (Fsp3) is 0.600. The molecule has 2 aromatic rings. The van der Waals surface area contributed by atoms with Gasteiger partial charge in [-0.15, -0.1) is 5.10 Å². The normalized spacial score (nSPS) is 18.6. The Morgan fingerprint density at radius 2 is 1.94 bits per heavy atom. The number of nitrogens with zero attached hydrogens (tertiary/aromatic N) is 4. The van der Waals surface area contributed by atoms with E-state index in [1.807, 2.05) is 13.2 Å². The van der Waals surface area contributed by atoms with Crippen LogP contribution in [-0.4, -0.2) is 56.4 Å². The molecule has 31 heavy (non-hydrogen) atoms. The number of fused-ring (bicyclic) bond motifs is 1. The zero-order chi connectivity index (χ0) is 22.5. The summed E-state index contributed by atoms with van der Waals surface area (Å²) in [5.74, 6) is -0.415. The molecule has 2 atom stereocenters. The van der Waals surface area contributed by atoms with Crippen molar-refractivity contribution in [2.24, 2.45) is 5.92 Å². The Kier molecular flexibility index (Phi) is 7.47. The number of amides is 3. The van der Waals surface area contributed by atoms with E-state index in [-0.39, 0.29) is 12.5 Å². The summed E-state index contributed by atoms with van der Waals surface area (Å²) in [6.07, 6.45) is 5.99. The lowest BCUT2D eigenvalue weighted by molar-refractivity contribution is -0.147. The summed E-state index contributed by atoms with van der Waals surface area (Å²) in [4.78, 5) is 45.0. The molecule has 11 heteroatoms. The van der Waals surface area contributed by atoms with Crippen molar-refractivity contribution in [3.8, 4) is 0 Å². The fourth-order valence-corrected chi connectivity index (χ4v) is 4.11. The summed E-state index contributed by atoms with van der Waals surface area (Å²) in [6, 6.07) is -0.502. The van der Waals surface area contributed by atoms with Gasteiger partial charge in [0.1, 0.15) is 0 Å². The molecule has 0 spiro atoms. The maximum Gasteiger partial charge on any atom is 0.321 e. The van der Waals surface area contributed by atoms with Gasteiger partial charge in [0.05, 0.1) is 6.42 Å². The molecule has 168 valence electrons. The first-order valence-electron chi connectivity index (χ1n) is 10.3. The van der Waals surface area contributed by atoms with Gasteiger partial charge in [-0.25, -0.2) is 14.3 Å². The lowest BCUT2D eigenvalue weighted by atomic mass is 9.86. The highest BCUT2D eigenvalue weighted by atomic mass is 32.2. The van der Waals surface area contributed by atoms with Crippen LogP contribution >= 0.6 is 11.8 Å². The third-order valence-corrected chi connectivity index (χ3v) is 6.12. The van der Waals surface area contributed by atoms with Crippen molar-refractivity contribution in [1.29, 1.82) is 0 Å². The van der Waals surface area contributed by atoms with Gasteiger partial charge in [0, 0.05) is 23.0 Å². The Labute approximate surface area is 184 Å². The van der Waals surface area contributed by atoms with Gasteiger partial charge in [0.2, 0.25) is 5.16 Å². The van der Waals surface area contributed by atoms with Crippen LogP contribution in [0.5, 0.6) is 0 Å². The quantitative estimate of drug-likeness (QED) is 0.507. The molecule has 2 N–H and O–H groups in total. The zero-order valence-corrected chi connectivity index (χ0v) is 19.0. The molecule has 1 aliphatic carbocycles. The smallest absolute Gasteiger partial charge is 0.321 e. The first-order valence-corrected chi connectivity index (χ1v) is 11.5. The Morgan fingerprint density at radius 1 is 1.19 bits per heavy atom. The lowest BCUT2D eigenvalue weighted by Gasteiger charge is -2.29. The van der Waals surface area contributed by atoms with E-state index in [4.69, 9.17) is 4.74 Å². The predicted octanol–water partition coefficient (Wildman–Crippen LogP) is 1.95. The van der Waals surface area contributed by atoms with Crippen molar-refractivity contribution in [2.75, 3.05) is 12.9 Å². The average molecular weight is 449 g/mol. The molecule has 0 saturated heterocycles. The highest BCUT2D eigenvalue weighted by Crippen LogP contribution is 2.23. The maximum absolute atomic E-state index is 12.3. The molecule has 3 amide bonds. The summed E-state index contributed by atoms with van der Waals surface area (Å²) in [7, 11) is 0. The molecule has 2 heterocycles. The molecule has 0 aliphatic heterocycles. The number of imide groups is 1. The predicted molar refractivity (Wildman–Crippen MR) is 115 cm³/mol. The molecular formula is C20H28N6O4S. The second-order valence-electron chi connectivity index (χ2n) is 7.80. The van der Waals surface area contributed by atoms with Crippen molar-refractivity contribution >= 4 is 35.4 Å². The third-order valence-electron chi connectivity index (χ3n) is 5.58. The van der Waals surface area contributed by atoms with Gasteiger partial charge in [0.15, 0.2) is 6.61 Å². The van der Waals surface area contributed by atoms with E-state index in [1.165, 1.54) is 11.8 Å². The number of hydrogen-bond acceptors (Lipinski definition) is 8. The molecule has 2 unspecified atom stereocenters. The lowest BCUT2D eigenvalue weighted by Crippen LogP contribution is -2.48. The van der Waals surface area contributed by atoms with Crippen LogP contribution in [0.4, 0.5) is 4.79 Å². The van der Waals surface area contributed by atoms with Crippen molar-refractivity contribution in [2.45, 2.75) is 64.1 Å². The second kappa shape index (κ2) is 10.1. The topological polar surface area (TPSA) is 128 Å². The number of esters is 1. The summed E-state index contributed by atoms with van der Waals surface area (Å²) in [5, 5.41) is 9.98. The van der Waals surface area contributed by atoms with Crippen LogP contribution in [0.2, 0.25) is 0 Å². The Bertz CT molecular complexity index is 992. The number of urea groups is 1. The van der Waals surface area contributed by atoms with Gasteiger partial charge in [-0.2, -0.15) is 4.98 Å². The molecular weight excluding hydrogens is 420 g/mol. The van der Waals surface area contributed by atoms with E-state index in [1.54, 1.807) is 11.4 Å². The Balaban J connectivity index is 1.51. The van der Waals surface area contributed by atoms with E-state index >= 15 is 0 Å². The molecule has 1 aliphatic rings. The molecule has 10 nitrogen and oxygen atoms in total. The number of aryl methyl sites for hydroxylation is 2. The van der Waals surface area contributed by atoms with Crippen LogP contribution in [0.1, 0.15) is 49.6 Å². The van der Waals surface area contributed by atoms with Gasteiger partial charge in [0.25, 0.3) is 11.7 Å². The first-order chi connectivity index (χ1) is 14.8. The number of aromatic nitrogens is 4. The standard InChI is InChI=1S/C20H28N6O4S/c1-11-7-5-6-8-15(11)22-19(29)23-16(27)10-30-17(28)9-14-12(2)21-18-24-20(31-4)25-26(18)13(14)3/h11,15H,5-10H2,1-4H3,(H2,22,23,27,29). The monoisotopic (exact) mass is 448 g/mol. The van der Waals surface area contributed by atoms with E-state index in [9.17, 15) is 14.4 Å². The molecule has 1 fully saturated rings. The fourth-order valence-electron chi connectivity index (χ4n) is 3.77. The number of ether oxygens (including phenoxy) is 1. The highest BCUT2D eigenvalue weighted by Gasteiger charge is 2.24. The minimum atomic E-state index is -0.669. The molecule has 3 rings (SSSR count). The van der Waals surface area contributed by atoms with E-state index in [0.29, 0.717) is 28.1 Å². The van der Waals surface area contributed by atoms with Crippen LogP contribution in [0.15, 0.2) is 5.16 Å². The summed E-state index contributed by atoms with van der Waals surface area (Å²) in [5.41, 5.74) is 2.05. The largest absolute Gasteiger partial charge is 0.455 e. The van der Waals surface area contributed by atoms with Gasteiger partial charge in [-0.05, 0) is 38.9 Å². The second-order valence-corrected chi connectivity index (χ2v) is 8.57. The van der Waals surface area contributed by atoms with Gasteiger partial charge >= 0.3 is 12.0 Å². The minimum Gasteiger partial charge on any atom is -0.455 e. The van der Waals surface area contributed by atoms with Crippen LogP contribution in [0, 0.1) is 19.8 Å². The highest BCUT2D eigenvalue weighted by molar-refractivity contribution is 7.98. The summed E-state index contributed by atoms with van der Waals surface area (Å²) < 4.78 is 6.65. The Morgan fingerprint density at radius 3 is 2.65 bits per heavy atom. The van der Waals surface area contributed by atoms with Crippen molar-refractivity contribution in [3.05, 3.63) is 17.0 Å². The van der Waals surface area contributed by atoms with Gasteiger partial charge in [-0.3, -0.25) is 14.9 Å². The van der Waals surface area contributed by atoms with Crippen LogP contribution in [-0.2, 0) is 20.7 Å². The molecule has 2 aromatic heterocycles. The summed E-state index contributed by atoms with van der Waals surface area (Å²) in [6.45, 7) is 5.17. The van der Waals surface area contributed by atoms with Crippen molar-refractivity contribution < 1.29 is 19.1 Å². The number of hydrogen-bond donors (Lipinski definition) is 2. The van der Waals surface area contributed by atoms with E-state index < -0.39 is 24.5 Å². The number of carbonyl (C=O) groups is 3. The van der Waals surface area contributed by atoms with Crippen molar-refractivity contribution in [3.63, 3.8) is 0 Å². The van der Waals surface area contributed by atoms with Crippen LogP contribution in [0.25, 0.3) is 5.78 Å². The summed E-state index contributed by atoms with van der Waals surface area (Å²) >= 11 is 1.40. The zero-order valence-electron chi connectivity index (χ0n) is 18.2. The van der Waals surface area contributed by atoms with Gasteiger partial charge < -0.3 is 10.1 Å². The molecule has 0 radical (unpaired) electrons. The SMILES string of the molecule is CSc1nc2nc(C)c(CC(=O)OCC(=O)NC(=O)NC3CCCCC3C)c(C)n2n1. The number of nitrogens with one attached hydrogen (secondary N) is 2. The van der Waals surface area contributed by atoms with E-state index in [2.05, 4.69) is 32.6 Å². The number of carbonyl (C=O) groups excluding carboxylic acids is 3. The molecule has 0 bridgehead atoms. The Hall–Kier alpha value is -2.69. The average Bonchev–Trinajstić information content (AvgIpc) is 3.14. The van der Waals surface area contributed by atoms with Crippen LogP contribution in [0.3, 0.4) is 0 Å². The first kappa shape index (κ1) is 23.0.